The van der Waals surface area contributed by atoms with Crippen LogP contribution in [0.3, 0.4) is 0 Å². The van der Waals surface area contributed by atoms with Crippen molar-refractivity contribution in [3.8, 4) is 34.8 Å². The second kappa shape index (κ2) is 19.7. The van der Waals surface area contributed by atoms with Crippen molar-refractivity contribution in [3.63, 3.8) is 0 Å². The minimum Gasteiger partial charge on any atom is -0.508 e. The molecule has 0 saturated heterocycles. The number of nitriles is 1. The molecule has 62 heavy (non-hydrogen) atoms. The quantitative estimate of drug-likeness (QED) is 0.0619. The molecule has 0 bridgehead atoms. The molecule has 1 unspecified atom stereocenters. The third kappa shape index (κ3) is 10.6. The SMILES string of the molecule is COc1c(NC(=O)c2ccc(NC(=O)c3ccc(NC(=O)C(CC#N)NC(=O)c4ccc(NC(=O)C(C)=Cc5ccc(O)cc5)cc4)cn3)c(OC)c2O)ccc(C(=O)O)c1O. The Bertz CT molecular complexity index is 2620. The Kier molecular flexibility index (Phi) is 14.0. The minimum atomic E-state index is -1.43. The zero-order valence-corrected chi connectivity index (χ0v) is 33.0. The van der Waals surface area contributed by atoms with Crippen LogP contribution >= 0.6 is 0 Å². The number of methoxy groups -OCH3 is 2. The number of ether oxygens (including phenoxy) is 2. The van der Waals surface area contributed by atoms with Gasteiger partial charge < -0.3 is 56.5 Å². The molecule has 0 aliphatic heterocycles. The Morgan fingerprint density at radius 1 is 0.710 bits per heavy atom. The number of carbonyl (C=O) groups excluding carboxylic acids is 5. The van der Waals surface area contributed by atoms with Crippen molar-refractivity contribution in [1.82, 2.24) is 10.3 Å². The van der Waals surface area contributed by atoms with Gasteiger partial charge in [0.05, 0.1) is 55.5 Å². The molecular weight excluding hydrogens is 807 g/mol. The molecule has 9 N–H and O–H groups in total. The van der Waals surface area contributed by atoms with Crippen LogP contribution in [0.1, 0.15) is 60.5 Å². The number of pyridine rings is 1. The van der Waals surface area contributed by atoms with Crippen molar-refractivity contribution in [2.75, 3.05) is 35.5 Å². The monoisotopic (exact) mass is 843 g/mol. The van der Waals surface area contributed by atoms with Crippen LogP contribution in [-0.2, 0) is 9.59 Å². The van der Waals surface area contributed by atoms with E-state index in [1.807, 2.05) is 6.07 Å². The highest BCUT2D eigenvalue weighted by Crippen LogP contribution is 2.40. The second-order valence-electron chi connectivity index (χ2n) is 13.1. The van der Waals surface area contributed by atoms with Crippen LogP contribution < -0.4 is 36.1 Å². The average Bonchev–Trinajstić information content (AvgIpc) is 3.24. The number of aromatic hydroxyl groups is 3. The molecule has 1 atom stereocenters. The Labute approximate surface area is 352 Å². The summed E-state index contributed by atoms with van der Waals surface area (Å²) >= 11 is 0. The molecule has 5 aromatic rings. The third-order valence-corrected chi connectivity index (χ3v) is 8.86. The van der Waals surface area contributed by atoms with Gasteiger partial charge in [0.15, 0.2) is 23.0 Å². The van der Waals surface area contributed by atoms with Gasteiger partial charge in [0.25, 0.3) is 23.6 Å². The van der Waals surface area contributed by atoms with Crippen LogP contribution in [0.25, 0.3) is 6.08 Å². The third-order valence-electron chi connectivity index (χ3n) is 8.86. The Hall–Kier alpha value is -8.92. The van der Waals surface area contributed by atoms with E-state index in [1.165, 1.54) is 73.8 Å². The van der Waals surface area contributed by atoms with Crippen LogP contribution in [0.2, 0.25) is 0 Å². The number of nitrogens with zero attached hydrogens (tertiary/aromatic N) is 2. The van der Waals surface area contributed by atoms with E-state index in [2.05, 4.69) is 31.6 Å². The molecule has 0 aliphatic carbocycles. The number of nitrogens with one attached hydrogen (secondary N) is 5. The average molecular weight is 844 g/mol. The first-order valence-electron chi connectivity index (χ1n) is 18.1. The summed E-state index contributed by atoms with van der Waals surface area (Å²) in [6, 6.07) is 20.0. The number of hydrogen-bond donors (Lipinski definition) is 9. The summed E-state index contributed by atoms with van der Waals surface area (Å²) in [5.41, 5.74) is 0.654. The van der Waals surface area contributed by atoms with E-state index in [1.54, 1.807) is 25.1 Å². The maximum Gasteiger partial charge on any atom is 0.339 e. The van der Waals surface area contributed by atoms with Crippen molar-refractivity contribution in [3.05, 3.63) is 125 Å². The highest BCUT2D eigenvalue weighted by molar-refractivity contribution is 6.10. The minimum absolute atomic E-state index is 0.0598. The number of amides is 5. The van der Waals surface area contributed by atoms with E-state index in [0.29, 0.717) is 16.8 Å². The number of carboxylic acids is 1. The van der Waals surface area contributed by atoms with Crippen LogP contribution in [-0.4, -0.2) is 81.2 Å². The van der Waals surface area contributed by atoms with Crippen LogP contribution in [0.15, 0.2) is 96.7 Å². The molecule has 0 radical (unpaired) electrons. The van der Waals surface area contributed by atoms with Crippen molar-refractivity contribution in [2.24, 2.45) is 0 Å². The first-order chi connectivity index (χ1) is 29.6. The Balaban J connectivity index is 1.18. The highest BCUT2D eigenvalue weighted by atomic mass is 16.5. The summed E-state index contributed by atoms with van der Waals surface area (Å²) in [7, 11) is 2.33. The first kappa shape index (κ1) is 44.2. The fourth-order valence-electron chi connectivity index (χ4n) is 5.68. The van der Waals surface area contributed by atoms with Crippen molar-refractivity contribution >= 4 is 64.3 Å². The van der Waals surface area contributed by atoms with E-state index in [-0.39, 0.29) is 57.6 Å². The number of carboxylic acid groups (broad SMARTS) is 1. The van der Waals surface area contributed by atoms with Gasteiger partial charge in [0.2, 0.25) is 5.91 Å². The number of benzene rings is 4. The number of rotatable bonds is 15. The molecule has 0 spiro atoms. The smallest absolute Gasteiger partial charge is 0.339 e. The van der Waals surface area contributed by atoms with Gasteiger partial charge >= 0.3 is 5.97 Å². The lowest BCUT2D eigenvalue weighted by Gasteiger charge is -2.17. The highest BCUT2D eigenvalue weighted by Gasteiger charge is 2.25. The standard InChI is InChI=1S/C43H37N7O12/c1-22(20-23-4-11-27(51)12-5-23)38(54)46-25-8-6-24(7-9-25)39(55)50-33(18-19-44)42(58)47-26-10-15-32(45-21-26)41(57)49-31-16-13-28(34(52)36(31)61-2)40(56)48-30-17-14-29(43(59)60)35(53)37(30)62-3/h4-17,20-21,33,51-53H,18H2,1-3H3,(H,46,54)(H,47,58)(H,48,56)(H,49,57)(H,50,55)(H,59,60). The van der Waals surface area contributed by atoms with Gasteiger partial charge in [0.1, 0.15) is 23.0 Å². The Morgan fingerprint density at radius 3 is 1.85 bits per heavy atom. The molecular formula is C43H37N7O12. The van der Waals surface area contributed by atoms with E-state index < -0.39 is 58.6 Å². The normalized spacial score (nSPS) is 11.2. The number of hydrogen-bond acceptors (Lipinski definition) is 13. The first-order valence-corrected chi connectivity index (χ1v) is 18.1. The van der Waals surface area contributed by atoms with Gasteiger partial charge in [-0.3, -0.25) is 24.0 Å². The van der Waals surface area contributed by atoms with Gasteiger partial charge in [-0.1, -0.05) is 12.1 Å². The summed E-state index contributed by atoms with van der Waals surface area (Å²) in [4.78, 5) is 80.5. The zero-order chi connectivity index (χ0) is 45.1. The van der Waals surface area contributed by atoms with E-state index in [4.69, 9.17) is 9.47 Å². The summed E-state index contributed by atoms with van der Waals surface area (Å²) in [5.74, 6) is -6.88. The second-order valence-corrected chi connectivity index (χ2v) is 13.1. The lowest BCUT2D eigenvalue weighted by Crippen LogP contribution is -2.43. The number of carbonyl (C=O) groups is 6. The maximum absolute atomic E-state index is 13.1. The molecule has 5 rings (SSSR count). The molecule has 5 amide bonds. The molecule has 1 aromatic heterocycles. The largest absolute Gasteiger partial charge is 0.508 e. The zero-order valence-electron chi connectivity index (χ0n) is 33.0. The van der Waals surface area contributed by atoms with E-state index in [0.717, 1.165) is 19.4 Å². The maximum atomic E-state index is 13.1. The van der Waals surface area contributed by atoms with Crippen molar-refractivity contribution in [2.45, 2.75) is 19.4 Å². The fraction of sp³-hybridized carbons (Fsp3) is 0.116. The molecule has 0 saturated carbocycles. The molecule has 316 valence electrons. The van der Waals surface area contributed by atoms with Gasteiger partial charge in [0, 0.05) is 16.8 Å². The number of phenols is 3. The summed E-state index contributed by atoms with van der Waals surface area (Å²) in [6.45, 7) is 1.62. The van der Waals surface area contributed by atoms with E-state index in [9.17, 15) is 54.5 Å². The molecule has 1 heterocycles. The topological polar surface area (TPSA) is 299 Å². The lowest BCUT2D eigenvalue weighted by molar-refractivity contribution is -0.118. The summed E-state index contributed by atoms with van der Waals surface area (Å²) in [6.07, 6.45) is 2.41. The van der Waals surface area contributed by atoms with Gasteiger partial charge in [-0.25, -0.2) is 9.78 Å². The fourth-order valence-corrected chi connectivity index (χ4v) is 5.68. The molecule has 19 heteroatoms. The van der Waals surface area contributed by atoms with Gasteiger partial charge in [-0.15, -0.1) is 0 Å². The van der Waals surface area contributed by atoms with Crippen LogP contribution in [0.4, 0.5) is 22.7 Å². The van der Waals surface area contributed by atoms with Gasteiger partial charge in [-0.05, 0) is 91.4 Å². The number of phenolic OH excluding ortho intramolecular Hbond substituents is 2. The molecule has 4 aromatic carbocycles. The predicted octanol–water partition coefficient (Wildman–Crippen LogP) is 5.11. The van der Waals surface area contributed by atoms with Crippen molar-refractivity contribution < 1.29 is 58.7 Å². The molecule has 0 aliphatic rings. The predicted molar refractivity (Wildman–Crippen MR) is 223 cm³/mol. The summed E-state index contributed by atoms with van der Waals surface area (Å²) in [5, 5.41) is 61.9. The number of aromatic nitrogens is 1. The molecule has 19 nitrogen and oxygen atoms in total. The lowest BCUT2D eigenvalue weighted by atomic mass is 10.1. The molecule has 0 fully saturated rings. The number of anilines is 4. The summed E-state index contributed by atoms with van der Waals surface area (Å²) < 4.78 is 10.3. The van der Waals surface area contributed by atoms with Crippen LogP contribution in [0, 0.1) is 11.3 Å². The Morgan fingerprint density at radius 2 is 1.29 bits per heavy atom. The number of aromatic carboxylic acids is 1. The van der Waals surface area contributed by atoms with Gasteiger partial charge in [-0.2, -0.15) is 5.26 Å². The van der Waals surface area contributed by atoms with Crippen molar-refractivity contribution in [1.29, 1.82) is 5.26 Å². The van der Waals surface area contributed by atoms with Crippen LogP contribution in [0.5, 0.6) is 28.7 Å². The van der Waals surface area contributed by atoms with E-state index >= 15 is 0 Å².